The number of rotatable bonds is 0. The second kappa shape index (κ2) is 20.6. The molecule has 0 aliphatic rings. The fraction of sp³-hybridized carbons (Fsp3) is 0. The molecule has 4 heteroatoms. The van der Waals surface area contributed by atoms with Gasteiger partial charge in [-0.15, -0.1) is 0 Å². The summed E-state index contributed by atoms with van der Waals surface area (Å²) in [7, 11) is 0. The first kappa shape index (κ1) is 39.1. The van der Waals surface area contributed by atoms with Gasteiger partial charge in [-0.1, -0.05) is 0 Å². The molecular weight excluding hydrogens is 147 g/mol. The monoisotopic (exact) mass is 155 g/mol. The molecule has 0 nitrogen and oxygen atoms in total. The van der Waals surface area contributed by atoms with Crippen LogP contribution in [-0.2, 0) is 19.5 Å². The average molecular weight is 157 g/mol. The Kier molecular flexibility index (Phi) is 202. The van der Waals surface area contributed by atoms with Crippen molar-refractivity contribution < 1.29 is 19.5 Å². The molecule has 0 fully saturated rings. The van der Waals surface area contributed by atoms with E-state index in [1.807, 2.05) is 0 Å². The van der Waals surface area contributed by atoms with Gasteiger partial charge in [0.15, 0.2) is 34.7 Å². The first-order valence-electron chi connectivity index (χ1n) is 0. The van der Waals surface area contributed by atoms with Gasteiger partial charge in [-0.25, -0.2) is 0 Å². The van der Waals surface area contributed by atoms with Crippen LogP contribution in [0.25, 0.3) is 0 Å². The van der Waals surface area contributed by atoms with Gasteiger partial charge in [0.25, 0.3) is 0 Å². The summed E-state index contributed by atoms with van der Waals surface area (Å²) in [5, 5.41) is 0. The van der Waals surface area contributed by atoms with Crippen molar-refractivity contribution in [1.29, 1.82) is 0 Å². The smallest absolute Gasteiger partial charge is 0.0125 e. The predicted octanol–water partition coefficient (Wildman–Crippen LogP) is -3.55. The summed E-state index contributed by atoms with van der Waals surface area (Å²) in [6.07, 6.45) is 0. The van der Waals surface area contributed by atoms with E-state index >= 15 is 0 Å². The maximum absolute atomic E-state index is 0. The Morgan fingerprint density at radius 3 is 0.750 bits per heavy atom. The van der Waals surface area contributed by atoms with Gasteiger partial charge < -0.3 is 0 Å². The minimum atomic E-state index is 0. The van der Waals surface area contributed by atoms with E-state index in [0.717, 1.165) is 0 Å². The zero-order valence-corrected chi connectivity index (χ0v) is 6.67. The van der Waals surface area contributed by atoms with Crippen LogP contribution in [0.4, 0.5) is 0 Å². The van der Waals surface area contributed by atoms with E-state index in [-0.39, 0.29) is 65.2 Å². The molecule has 1 radical (unpaired) electrons. The fourth-order valence-electron chi connectivity index (χ4n) is 0. The Balaban J connectivity index is 0. The van der Waals surface area contributed by atoms with Gasteiger partial charge in [-0.3, -0.25) is 0 Å². The van der Waals surface area contributed by atoms with Gasteiger partial charge in [-0.05, 0) is 11.0 Å². The van der Waals surface area contributed by atoms with E-state index in [4.69, 9.17) is 0 Å². The van der Waals surface area contributed by atoms with Crippen LogP contribution >= 0.6 is 0 Å². The third kappa shape index (κ3) is 9.08. The van der Waals surface area contributed by atoms with Gasteiger partial charge in [0, 0.05) is 19.5 Å². The van der Waals surface area contributed by atoms with E-state index in [0.29, 0.717) is 0 Å². The average Bonchev–Trinajstić information content (AvgIpc) is 0. The van der Waals surface area contributed by atoms with Crippen LogP contribution < -0.4 is 0 Å². The first-order chi connectivity index (χ1) is 0. The molecule has 0 saturated carbocycles. The van der Waals surface area contributed by atoms with Crippen molar-refractivity contribution in [3.8, 4) is 0 Å². The molecule has 0 aromatic carbocycles. The van der Waals surface area contributed by atoms with Gasteiger partial charge in [0.1, 0.15) is 0 Å². The van der Waals surface area contributed by atoms with Gasteiger partial charge in [0.05, 0.1) is 0 Å². The summed E-state index contributed by atoms with van der Waals surface area (Å²) >= 11 is 0. The van der Waals surface area contributed by atoms with Crippen LogP contribution in [0.5, 0.6) is 0 Å². The quantitative estimate of drug-likeness (QED) is 0.319. The summed E-state index contributed by atoms with van der Waals surface area (Å²) in [6, 6.07) is 0. The summed E-state index contributed by atoms with van der Waals surface area (Å²) in [5.41, 5.74) is 0. The molecule has 0 aromatic heterocycles. The van der Waals surface area contributed by atoms with Crippen molar-refractivity contribution in [3.05, 3.63) is 0 Å². The van der Waals surface area contributed by atoms with Crippen LogP contribution in [0, 0.1) is 0 Å². The Hall–Kier alpha value is 1.91. The van der Waals surface area contributed by atoms with Crippen molar-refractivity contribution in [2.24, 2.45) is 0 Å². The molecule has 0 bridgehead atoms. The fourth-order valence-corrected chi connectivity index (χ4v) is 0. The van der Waals surface area contributed by atoms with E-state index < -0.39 is 0 Å². The summed E-state index contributed by atoms with van der Waals surface area (Å²) < 4.78 is 0. The molecule has 0 aliphatic carbocycles. The van der Waals surface area contributed by atoms with Gasteiger partial charge in [0.2, 0.25) is 0 Å². The van der Waals surface area contributed by atoms with E-state index in [9.17, 15) is 0 Å². The second-order valence-electron chi connectivity index (χ2n) is 0. The predicted molar refractivity (Wildman–Crippen MR) is 29.8 cm³/mol. The zero-order valence-electron chi connectivity index (χ0n) is 1.71. The maximum atomic E-state index is 0. The molecule has 0 saturated heterocycles. The third-order valence-corrected chi connectivity index (χ3v) is 0. The molecule has 0 aliphatic heterocycles. The molecule has 0 heterocycles. The Labute approximate surface area is 64.8 Å². The minimum Gasteiger partial charge on any atom is -0.0125 e. The second-order valence-corrected chi connectivity index (χ2v) is 0. The van der Waals surface area contributed by atoms with E-state index in [2.05, 4.69) is 0 Å². The van der Waals surface area contributed by atoms with Crippen LogP contribution in [0.15, 0.2) is 0 Å². The molecule has 0 spiro atoms. The molecule has 0 N–H and O–H groups in total. The Morgan fingerprint density at radius 2 is 0.750 bits per heavy atom. The van der Waals surface area contributed by atoms with Crippen LogP contribution in [-0.4, -0.2) is 45.7 Å². The number of hydrogen-bond donors (Lipinski definition) is 0. The standard InChI is InChI=1S/2Al.H3Si.Zn.6H/h;;1H3;;;;;;;. The summed E-state index contributed by atoms with van der Waals surface area (Å²) in [5.74, 6) is 0. The molecule has 4 heavy (non-hydrogen) atoms. The first-order valence-corrected chi connectivity index (χ1v) is 0. The van der Waals surface area contributed by atoms with Gasteiger partial charge >= 0.3 is 0 Å². The number of hydrogen-bond acceptors (Lipinski definition) is 0. The van der Waals surface area contributed by atoms with Crippen LogP contribution in [0.2, 0.25) is 0 Å². The van der Waals surface area contributed by atoms with Crippen molar-refractivity contribution in [2.45, 2.75) is 0 Å². The van der Waals surface area contributed by atoms with E-state index in [1.165, 1.54) is 0 Å². The molecular formula is H9Al2SiZn. The van der Waals surface area contributed by atoms with E-state index in [1.54, 1.807) is 0 Å². The zero-order chi connectivity index (χ0) is 0. The maximum Gasteiger partial charge on any atom is 0.187 e. The minimum absolute atomic E-state index is 0. The summed E-state index contributed by atoms with van der Waals surface area (Å²) in [4.78, 5) is 0. The van der Waals surface area contributed by atoms with Crippen molar-refractivity contribution >= 4 is 45.7 Å². The molecule has 0 aromatic rings. The molecule has 0 atom stereocenters. The van der Waals surface area contributed by atoms with Crippen LogP contribution in [0.1, 0.15) is 0 Å². The van der Waals surface area contributed by atoms with Gasteiger partial charge in [-0.2, -0.15) is 0 Å². The van der Waals surface area contributed by atoms with Crippen molar-refractivity contribution in [2.75, 3.05) is 0 Å². The normalized spacial score (nSPS) is 0. The molecule has 0 rings (SSSR count). The largest absolute Gasteiger partial charge is 0.187 e. The van der Waals surface area contributed by atoms with Crippen molar-refractivity contribution in [3.63, 3.8) is 0 Å². The third-order valence-electron chi connectivity index (χ3n) is 0. The molecule has 21 valence electrons. The molecule has 0 amide bonds. The van der Waals surface area contributed by atoms with Crippen molar-refractivity contribution in [1.82, 2.24) is 0 Å². The summed E-state index contributed by atoms with van der Waals surface area (Å²) in [6.45, 7) is 0. The topological polar surface area (TPSA) is 0 Å². The van der Waals surface area contributed by atoms with Crippen LogP contribution in [0.3, 0.4) is 0 Å². The molecule has 0 unspecified atom stereocenters. The SMILES string of the molecule is [AlH3].[AlH3].[SiH3].[Zn]. The Morgan fingerprint density at radius 1 is 0.750 bits per heavy atom. The Bertz CT molecular complexity index is 6.00.